The molecule has 1 saturated heterocycles. The van der Waals surface area contributed by atoms with Crippen LogP contribution in [0, 0.1) is 0 Å². The molecule has 4 aromatic rings. The summed E-state index contributed by atoms with van der Waals surface area (Å²) >= 11 is 6.09. The number of aromatic nitrogens is 5. The molecule has 0 unspecified atom stereocenters. The van der Waals surface area contributed by atoms with Crippen LogP contribution in [0.2, 0.25) is 5.02 Å². The van der Waals surface area contributed by atoms with Crippen molar-refractivity contribution in [2.45, 2.75) is 38.6 Å². The smallest absolute Gasteiger partial charge is 0.270 e. The molecule has 1 aliphatic rings. The molecule has 1 aromatic carbocycles. The van der Waals surface area contributed by atoms with Crippen LogP contribution in [-0.4, -0.2) is 43.3 Å². The van der Waals surface area contributed by atoms with Crippen LogP contribution in [0.3, 0.4) is 0 Å². The van der Waals surface area contributed by atoms with E-state index in [-0.39, 0.29) is 5.91 Å². The number of hydrogen-bond donors (Lipinski definition) is 1. The Kier molecular flexibility index (Phi) is 6.40. The summed E-state index contributed by atoms with van der Waals surface area (Å²) in [6.07, 6.45) is 11.3. The van der Waals surface area contributed by atoms with E-state index in [1.807, 2.05) is 19.3 Å². The molecule has 34 heavy (non-hydrogen) atoms. The first-order valence-corrected chi connectivity index (χ1v) is 11.9. The highest BCUT2D eigenvalue weighted by molar-refractivity contribution is 6.30. The molecule has 0 radical (unpaired) electrons. The van der Waals surface area contributed by atoms with Crippen molar-refractivity contribution in [1.29, 1.82) is 0 Å². The average molecular weight is 476 g/mol. The van der Waals surface area contributed by atoms with Gasteiger partial charge in [0.2, 0.25) is 5.78 Å². The summed E-state index contributed by atoms with van der Waals surface area (Å²) in [6.45, 7) is 4.40. The molecule has 1 fully saturated rings. The highest BCUT2D eigenvalue weighted by Crippen LogP contribution is 2.30. The van der Waals surface area contributed by atoms with Gasteiger partial charge in [-0.3, -0.25) is 9.20 Å². The highest BCUT2D eigenvalue weighted by Gasteiger charge is 2.22. The number of carbonyl (C=O) groups is 1. The van der Waals surface area contributed by atoms with Crippen molar-refractivity contribution in [3.05, 3.63) is 82.9 Å². The molecule has 0 saturated carbocycles. The van der Waals surface area contributed by atoms with E-state index in [1.165, 1.54) is 11.8 Å². The van der Waals surface area contributed by atoms with Gasteiger partial charge in [-0.15, -0.1) is 0 Å². The standard InChI is InChI=1S/C25H26ClN7O/c1-2-22-23(33-15-20(26)12-30-25(33)31-22)24(34)29-11-17-3-5-18(6-4-17)19-7-9-32(10-8-19)21-13-27-16-28-14-21/h3-6,12-16,19H,2,7-11H2,1H3,(H,29,34). The fourth-order valence-electron chi connectivity index (χ4n) is 4.54. The Labute approximate surface area is 203 Å². The second-order valence-corrected chi connectivity index (χ2v) is 8.92. The Hall–Kier alpha value is -3.52. The minimum absolute atomic E-state index is 0.185. The zero-order valence-corrected chi connectivity index (χ0v) is 19.7. The Bertz CT molecular complexity index is 1280. The summed E-state index contributed by atoms with van der Waals surface area (Å²) in [4.78, 5) is 32.3. The Morgan fingerprint density at radius 2 is 1.85 bits per heavy atom. The van der Waals surface area contributed by atoms with E-state index < -0.39 is 0 Å². The first-order valence-electron chi connectivity index (χ1n) is 11.5. The van der Waals surface area contributed by atoms with Crippen LogP contribution in [0.5, 0.6) is 0 Å². The maximum Gasteiger partial charge on any atom is 0.270 e. The number of benzene rings is 1. The second-order valence-electron chi connectivity index (χ2n) is 8.49. The van der Waals surface area contributed by atoms with Crippen LogP contribution < -0.4 is 10.2 Å². The van der Waals surface area contributed by atoms with Crippen molar-refractivity contribution >= 4 is 29.0 Å². The van der Waals surface area contributed by atoms with Crippen molar-refractivity contribution in [2.75, 3.05) is 18.0 Å². The maximum absolute atomic E-state index is 13.0. The van der Waals surface area contributed by atoms with Gasteiger partial charge in [0.05, 0.1) is 35.0 Å². The maximum atomic E-state index is 13.0. The molecule has 3 aromatic heterocycles. The number of hydrogen-bond acceptors (Lipinski definition) is 6. The van der Waals surface area contributed by atoms with Gasteiger partial charge in [-0.2, -0.15) is 0 Å². The lowest BCUT2D eigenvalue weighted by Gasteiger charge is -2.33. The van der Waals surface area contributed by atoms with Gasteiger partial charge in [0, 0.05) is 25.8 Å². The number of piperidine rings is 1. The number of anilines is 1. The lowest BCUT2D eigenvalue weighted by atomic mass is 9.89. The number of rotatable bonds is 6. The summed E-state index contributed by atoms with van der Waals surface area (Å²) in [6, 6.07) is 8.56. The molecule has 5 rings (SSSR count). The summed E-state index contributed by atoms with van der Waals surface area (Å²) in [5.74, 6) is 0.823. The van der Waals surface area contributed by atoms with Crippen molar-refractivity contribution in [1.82, 2.24) is 29.7 Å². The SMILES string of the molecule is CCc1nc2ncc(Cl)cn2c1C(=O)NCc1ccc(C2CCN(c3cncnc3)CC2)cc1. The molecule has 0 atom stereocenters. The molecule has 1 N–H and O–H groups in total. The van der Waals surface area contributed by atoms with E-state index in [2.05, 4.69) is 54.4 Å². The van der Waals surface area contributed by atoms with Crippen LogP contribution in [0.4, 0.5) is 5.69 Å². The molecule has 9 heteroatoms. The van der Waals surface area contributed by atoms with E-state index in [0.717, 1.165) is 37.2 Å². The number of halogens is 1. The normalized spacial score (nSPS) is 14.5. The molecule has 8 nitrogen and oxygen atoms in total. The van der Waals surface area contributed by atoms with Crippen LogP contribution >= 0.6 is 11.6 Å². The molecule has 4 heterocycles. The Morgan fingerprint density at radius 3 is 2.56 bits per heavy atom. The number of nitrogens with zero attached hydrogens (tertiary/aromatic N) is 6. The van der Waals surface area contributed by atoms with E-state index >= 15 is 0 Å². The molecule has 1 aliphatic heterocycles. The van der Waals surface area contributed by atoms with Crippen LogP contribution in [0.1, 0.15) is 53.0 Å². The highest BCUT2D eigenvalue weighted by atomic mass is 35.5. The third-order valence-corrected chi connectivity index (χ3v) is 6.58. The van der Waals surface area contributed by atoms with Gasteiger partial charge >= 0.3 is 0 Å². The van der Waals surface area contributed by atoms with E-state index in [0.29, 0.717) is 41.1 Å². The van der Waals surface area contributed by atoms with E-state index in [1.54, 1.807) is 16.9 Å². The average Bonchev–Trinajstić information content (AvgIpc) is 3.26. The van der Waals surface area contributed by atoms with Crippen molar-refractivity contribution < 1.29 is 4.79 Å². The topological polar surface area (TPSA) is 88.3 Å². The first kappa shape index (κ1) is 22.3. The van der Waals surface area contributed by atoms with Crippen LogP contribution in [-0.2, 0) is 13.0 Å². The van der Waals surface area contributed by atoms with Gasteiger partial charge in [-0.1, -0.05) is 42.8 Å². The van der Waals surface area contributed by atoms with Crippen molar-refractivity contribution in [2.24, 2.45) is 0 Å². The van der Waals surface area contributed by atoms with Gasteiger partial charge < -0.3 is 10.2 Å². The minimum Gasteiger partial charge on any atom is -0.369 e. The Balaban J connectivity index is 1.21. The summed E-state index contributed by atoms with van der Waals surface area (Å²) in [5.41, 5.74) is 4.67. The second kappa shape index (κ2) is 9.77. The van der Waals surface area contributed by atoms with Crippen LogP contribution in [0.15, 0.2) is 55.4 Å². The predicted molar refractivity (Wildman–Crippen MR) is 131 cm³/mol. The zero-order valence-electron chi connectivity index (χ0n) is 19.0. The summed E-state index contributed by atoms with van der Waals surface area (Å²) < 4.78 is 1.66. The zero-order chi connectivity index (χ0) is 23.5. The fourth-order valence-corrected chi connectivity index (χ4v) is 4.69. The van der Waals surface area contributed by atoms with E-state index in [9.17, 15) is 4.79 Å². The Morgan fingerprint density at radius 1 is 1.12 bits per heavy atom. The third-order valence-electron chi connectivity index (χ3n) is 6.38. The molecular weight excluding hydrogens is 450 g/mol. The van der Waals surface area contributed by atoms with Gasteiger partial charge in [0.1, 0.15) is 12.0 Å². The lowest BCUT2D eigenvalue weighted by molar-refractivity contribution is 0.0944. The van der Waals surface area contributed by atoms with Gasteiger partial charge in [0.25, 0.3) is 5.91 Å². The molecular formula is C25H26ClN7O. The van der Waals surface area contributed by atoms with Gasteiger partial charge in [-0.05, 0) is 36.3 Å². The molecule has 0 aliphatic carbocycles. The fraction of sp³-hybridized carbons (Fsp3) is 0.320. The summed E-state index contributed by atoms with van der Waals surface area (Å²) in [5, 5.41) is 3.48. The predicted octanol–water partition coefficient (Wildman–Crippen LogP) is 4.05. The van der Waals surface area contributed by atoms with Gasteiger partial charge in [-0.25, -0.2) is 19.9 Å². The first-order chi connectivity index (χ1) is 16.6. The van der Waals surface area contributed by atoms with Crippen LogP contribution in [0.25, 0.3) is 5.78 Å². The van der Waals surface area contributed by atoms with Crippen molar-refractivity contribution in [3.63, 3.8) is 0 Å². The monoisotopic (exact) mass is 475 g/mol. The summed E-state index contributed by atoms with van der Waals surface area (Å²) in [7, 11) is 0. The van der Waals surface area contributed by atoms with Gasteiger partial charge in [0.15, 0.2) is 0 Å². The molecule has 0 spiro atoms. The number of aryl methyl sites for hydroxylation is 1. The molecule has 0 bridgehead atoms. The molecule has 174 valence electrons. The lowest BCUT2D eigenvalue weighted by Crippen LogP contribution is -2.33. The largest absolute Gasteiger partial charge is 0.369 e. The number of amides is 1. The quantitative estimate of drug-likeness (QED) is 0.452. The van der Waals surface area contributed by atoms with E-state index in [4.69, 9.17) is 11.6 Å². The number of imidazole rings is 1. The number of nitrogens with one attached hydrogen (secondary N) is 1. The minimum atomic E-state index is -0.185. The molecule has 1 amide bonds. The number of fused-ring (bicyclic) bond motifs is 1. The van der Waals surface area contributed by atoms with Crippen molar-refractivity contribution in [3.8, 4) is 0 Å². The third kappa shape index (κ3) is 4.59. The number of carbonyl (C=O) groups excluding carboxylic acids is 1.